The van der Waals surface area contributed by atoms with Gasteiger partial charge in [0.05, 0.1) is 6.26 Å². The van der Waals surface area contributed by atoms with Crippen molar-refractivity contribution in [2.45, 2.75) is 0 Å². The first kappa shape index (κ1) is 6.88. The van der Waals surface area contributed by atoms with Crippen LogP contribution in [-0.4, -0.2) is 6.29 Å². The van der Waals surface area contributed by atoms with Gasteiger partial charge in [-0.2, -0.15) is 0 Å². The maximum Gasteiger partial charge on any atom is 0.185 e. The van der Waals surface area contributed by atoms with Gasteiger partial charge in [-0.15, -0.1) is 0 Å². The molecule has 0 saturated heterocycles. The summed E-state index contributed by atoms with van der Waals surface area (Å²) in [5.74, 6) is 0.375. The van der Waals surface area contributed by atoms with E-state index in [1.807, 2.05) is 0 Å². The second kappa shape index (κ2) is 2.96. The largest absolute Gasteiger partial charge is 0.462 e. The third kappa shape index (κ3) is 1.18. The molecule has 0 radical (unpaired) electrons. The van der Waals surface area contributed by atoms with Crippen LogP contribution in [0, 0.1) is 0 Å². The van der Waals surface area contributed by atoms with Crippen molar-refractivity contribution >= 4 is 6.29 Å². The van der Waals surface area contributed by atoms with Crippen LogP contribution < -0.4 is 0 Å². The molecule has 1 heterocycles. The van der Waals surface area contributed by atoms with Crippen LogP contribution in [0.2, 0.25) is 0 Å². The van der Waals surface area contributed by atoms with Crippen LogP contribution in [0.5, 0.6) is 0 Å². The fourth-order valence-corrected chi connectivity index (χ4v) is 0.358. The van der Waals surface area contributed by atoms with E-state index in [9.17, 15) is 4.79 Å². The van der Waals surface area contributed by atoms with E-state index in [4.69, 9.17) is 0 Å². The molecule has 0 aliphatic rings. The zero-order valence-electron chi connectivity index (χ0n) is 4.03. The molecule has 0 unspecified atom stereocenters. The fraction of sp³-hybridized carbons (Fsp3) is 0. The minimum atomic E-state index is 0. The summed E-state index contributed by atoms with van der Waals surface area (Å²) >= 11 is 0. The number of halogens is 1. The summed E-state index contributed by atoms with van der Waals surface area (Å²) in [6, 6.07) is 3.27. The Labute approximate surface area is 45.5 Å². The molecule has 0 N–H and O–H groups in total. The highest BCUT2D eigenvalue weighted by Gasteiger charge is 1.84. The molecule has 0 fully saturated rings. The van der Waals surface area contributed by atoms with Crippen LogP contribution in [0.1, 0.15) is 10.6 Å². The summed E-state index contributed by atoms with van der Waals surface area (Å²) in [7, 11) is 0. The van der Waals surface area contributed by atoms with Crippen LogP contribution in [0.3, 0.4) is 0 Å². The van der Waals surface area contributed by atoms with E-state index in [1.54, 1.807) is 12.1 Å². The Morgan fingerprint density at radius 1 is 1.62 bits per heavy atom. The van der Waals surface area contributed by atoms with Crippen molar-refractivity contribution in [2.24, 2.45) is 0 Å². The molecule has 0 aromatic carbocycles. The predicted octanol–water partition coefficient (Wildman–Crippen LogP) is 1.24. The summed E-state index contributed by atoms with van der Waals surface area (Å²) in [6.07, 6.45) is 2.13. The highest BCUT2D eigenvalue weighted by Crippen LogP contribution is 1.92. The van der Waals surface area contributed by atoms with Gasteiger partial charge in [0, 0.05) is 0 Å². The number of carbonyl (C=O) groups is 1. The number of aldehydes is 1. The molecule has 3 heteroatoms. The number of hydrogen-bond donors (Lipinski definition) is 0. The molecule has 0 atom stereocenters. The van der Waals surface area contributed by atoms with Crippen LogP contribution in [0.4, 0.5) is 4.70 Å². The fourth-order valence-electron chi connectivity index (χ4n) is 0.358. The first-order valence-electron chi connectivity index (χ1n) is 1.92. The SMILES string of the molecule is F.O=Cc1ccco1. The number of furan rings is 1. The van der Waals surface area contributed by atoms with Crippen LogP contribution in [-0.2, 0) is 0 Å². The van der Waals surface area contributed by atoms with E-state index in [1.165, 1.54) is 6.26 Å². The van der Waals surface area contributed by atoms with Gasteiger partial charge in [0.25, 0.3) is 0 Å². The smallest absolute Gasteiger partial charge is 0.185 e. The summed E-state index contributed by atoms with van der Waals surface area (Å²) in [4.78, 5) is 9.77. The summed E-state index contributed by atoms with van der Waals surface area (Å²) in [5, 5.41) is 0. The molecule has 0 aliphatic heterocycles. The Kier molecular flexibility index (Phi) is 2.54. The van der Waals surface area contributed by atoms with E-state index >= 15 is 0 Å². The predicted molar refractivity (Wildman–Crippen MR) is 26.6 cm³/mol. The normalized spacial score (nSPS) is 7.50. The van der Waals surface area contributed by atoms with Crippen molar-refractivity contribution in [1.82, 2.24) is 0 Å². The van der Waals surface area contributed by atoms with Crippen molar-refractivity contribution in [2.75, 3.05) is 0 Å². The average Bonchev–Trinajstić information content (AvgIpc) is 2.14. The van der Waals surface area contributed by atoms with Gasteiger partial charge in [-0.25, -0.2) is 0 Å². The standard InChI is InChI=1S/C5H4O2.FH/c6-4-5-2-1-3-7-5;/h1-4H;1H. The first-order chi connectivity index (χ1) is 3.43. The van der Waals surface area contributed by atoms with Crippen molar-refractivity contribution in [3.63, 3.8) is 0 Å². The second-order valence-corrected chi connectivity index (χ2v) is 1.13. The quantitative estimate of drug-likeness (QED) is 0.517. The van der Waals surface area contributed by atoms with Crippen molar-refractivity contribution < 1.29 is 13.9 Å². The zero-order chi connectivity index (χ0) is 5.11. The second-order valence-electron chi connectivity index (χ2n) is 1.13. The van der Waals surface area contributed by atoms with Crippen molar-refractivity contribution in [3.8, 4) is 0 Å². The molecule has 1 rings (SSSR count). The Balaban J connectivity index is 0.000000490. The lowest BCUT2D eigenvalue weighted by atomic mass is 10.5. The van der Waals surface area contributed by atoms with Crippen LogP contribution >= 0.6 is 0 Å². The molecule has 0 saturated carbocycles. The molecule has 0 amide bonds. The lowest BCUT2D eigenvalue weighted by Crippen LogP contribution is -1.65. The zero-order valence-corrected chi connectivity index (χ0v) is 4.03. The maximum atomic E-state index is 9.77. The van der Waals surface area contributed by atoms with E-state index < -0.39 is 0 Å². The summed E-state index contributed by atoms with van der Waals surface area (Å²) in [5.41, 5.74) is 0. The van der Waals surface area contributed by atoms with E-state index in [0.717, 1.165) is 0 Å². The molecular formula is C5H5FO2. The van der Waals surface area contributed by atoms with Gasteiger partial charge in [0.1, 0.15) is 0 Å². The Hall–Kier alpha value is -1.12. The van der Waals surface area contributed by atoms with Gasteiger partial charge >= 0.3 is 0 Å². The minimum Gasteiger partial charge on any atom is -0.462 e. The molecule has 8 heavy (non-hydrogen) atoms. The number of carbonyl (C=O) groups excluding carboxylic acids is 1. The minimum absolute atomic E-state index is 0. The number of hydrogen-bond acceptors (Lipinski definition) is 2. The molecule has 1 aromatic heterocycles. The van der Waals surface area contributed by atoms with Gasteiger partial charge in [-0.3, -0.25) is 9.50 Å². The van der Waals surface area contributed by atoms with Gasteiger partial charge in [0.2, 0.25) is 0 Å². The van der Waals surface area contributed by atoms with E-state index in [2.05, 4.69) is 4.42 Å². The molecule has 0 bridgehead atoms. The summed E-state index contributed by atoms with van der Waals surface area (Å²) in [6.45, 7) is 0. The molecule has 44 valence electrons. The molecule has 2 nitrogen and oxygen atoms in total. The van der Waals surface area contributed by atoms with Gasteiger partial charge in [0.15, 0.2) is 12.0 Å². The van der Waals surface area contributed by atoms with Gasteiger partial charge in [-0.05, 0) is 12.1 Å². The van der Waals surface area contributed by atoms with E-state index in [-0.39, 0.29) is 4.70 Å². The third-order valence-electron chi connectivity index (χ3n) is 0.659. The summed E-state index contributed by atoms with van der Waals surface area (Å²) < 4.78 is 4.61. The molecule has 1 aromatic rings. The van der Waals surface area contributed by atoms with Crippen LogP contribution in [0.15, 0.2) is 22.8 Å². The lowest BCUT2D eigenvalue weighted by Gasteiger charge is -1.68. The first-order valence-corrected chi connectivity index (χ1v) is 1.92. The average molecular weight is 116 g/mol. The molecule has 0 spiro atoms. The van der Waals surface area contributed by atoms with Crippen molar-refractivity contribution in [3.05, 3.63) is 24.2 Å². The number of rotatable bonds is 1. The Morgan fingerprint density at radius 2 is 2.38 bits per heavy atom. The van der Waals surface area contributed by atoms with Gasteiger partial charge in [-0.1, -0.05) is 0 Å². The Morgan fingerprint density at radius 3 is 2.62 bits per heavy atom. The molecular weight excluding hydrogens is 111 g/mol. The van der Waals surface area contributed by atoms with Gasteiger partial charge < -0.3 is 4.42 Å². The van der Waals surface area contributed by atoms with Crippen LogP contribution in [0.25, 0.3) is 0 Å². The highest BCUT2D eigenvalue weighted by molar-refractivity contribution is 5.69. The van der Waals surface area contributed by atoms with Crippen molar-refractivity contribution in [1.29, 1.82) is 0 Å². The highest BCUT2D eigenvalue weighted by atomic mass is 19.0. The third-order valence-corrected chi connectivity index (χ3v) is 0.659. The molecule has 0 aliphatic carbocycles. The Bertz CT molecular complexity index is 145. The monoisotopic (exact) mass is 116 g/mol. The lowest BCUT2D eigenvalue weighted by molar-refractivity contribution is 0.110. The topological polar surface area (TPSA) is 30.2 Å². The maximum absolute atomic E-state index is 9.77. The van der Waals surface area contributed by atoms with E-state index in [0.29, 0.717) is 12.0 Å².